The predicted octanol–water partition coefficient (Wildman–Crippen LogP) is 1.44. The third kappa shape index (κ3) is 2.55. The number of rotatable bonds is 2. The van der Waals surface area contributed by atoms with E-state index in [1.54, 1.807) is 4.90 Å². The fourth-order valence-corrected chi connectivity index (χ4v) is 2.51. The standard InChI is InChI=1S/C12H12F3N5O2/c13-12(14,15)11-17-16-8-3-4-9(18-20(8)11)19-5-1-2-7(6-19)10(21)22/h3-4,7H,1-2,5-6H2,(H,21,22)/t7-/m0/s1. The first kappa shape index (κ1) is 14.5. The molecule has 10 heteroatoms. The molecule has 0 aliphatic carbocycles. The molecule has 1 aliphatic rings. The number of carbonyl (C=O) groups is 1. The Kier molecular flexibility index (Phi) is 3.38. The number of fused-ring (bicyclic) bond motifs is 1. The molecule has 0 unspecified atom stereocenters. The molecule has 1 atom stereocenters. The molecule has 118 valence electrons. The number of aliphatic carboxylic acids is 1. The summed E-state index contributed by atoms with van der Waals surface area (Å²) in [6.07, 6.45) is -3.46. The molecule has 1 N–H and O–H groups in total. The minimum atomic E-state index is -4.66. The third-order valence-corrected chi connectivity index (χ3v) is 3.60. The average molecular weight is 315 g/mol. The summed E-state index contributed by atoms with van der Waals surface area (Å²) in [5, 5.41) is 19.5. The van der Waals surface area contributed by atoms with Crippen LogP contribution in [0.15, 0.2) is 12.1 Å². The van der Waals surface area contributed by atoms with E-state index in [1.807, 2.05) is 0 Å². The lowest BCUT2D eigenvalue weighted by Gasteiger charge is -2.31. The molecule has 0 spiro atoms. The second kappa shape index (κ2) is 5.11. The van der Waals surface area contributed by atoms with Gasteiger partial charge in [0, 0.05) is 13.1 Å². The van der Waals surface area contributed by atoms with Crippen LogP contribution in [0, 0.1) is 5.92 Å². The minimum absolute atomic E-state index is 0.0112. The highest BCUT2D eigenvalue weighted by atomic mass is 19.4. The highest BCUT2D eigenvalue weighted by molar-refractivity contribution is 5.71. The van der Waals surface area contributed by atoms with Crippen molar-refractivity contribution in [3.8, 4) is 0 Å². The van der Waals surface area contributed by atoms with Gasteiger partial charge in [0.15, 0.2) is 5.65 Å². The van der Waals surface area contributed by atoms with Crippen molar-refractivity contribution in [2.75, 3.05) is 18.0 Å². The monoisotopic (exact) mass is 315 g/mol. The fourth-order valence-electron chi connectivity index (χ4n) is 2.51. The molecule has 1 fully saturated rings. The summed E-state index contributed by atoms with van der Waals surface area (Å²) in [5.41, 5.74) is -0.0112. The summed E-state index contributed by atoms with van der Waals surface area (Å²) < 4.78 is 39.2. The van der Waals surface area contributed by atoms with Gasteiger partial charge in [-0.25, -0.2) is 0 Å². The number of carboxylic acid groups (broad SMARTS) is 1. The van der Waals surface area contributed by atoms with Crippen LogP contribution in [0.4, 0.5) is 19.0 Å². The number of hydrogen-bond donors (Lipinski definition) is 1. The van der Waals surface area contributed by atoms with Gasteiger partial charge in [-0.15, -0.1) is 15.3 Å². The van der Waals surface area contributed by atoms with Gasteiger partial charge in [0.25, 0.3) is 5.82 Å². The number of nitrogens with zero attached hydrogens (tertiary/aromatic N) is 5. The minimum Gasteiger partial charge on any atom is -0.481 e. The first-order valence-electron chi connectivity index (χ1n) is 6.63. The lowest BCUT2D eigenvalue weighted by Crippen LogP contribution is -2.39. The van der Waals surface area contributed by atoms with Crippen molar-refractivity contribution in [3.05, 3.63) is 18.0 Å². The zero-order valence-electron chi connectivity index (χ0n) is 11.3. The zero-order valence-corrected chi connectivity index (χ0v) is 11.3. The molecule has 22 heavy (non-hydrogen) atoms. The quantitative estimate of drug-likeness (QED) is 0.903. The van der Waals surface area contributed by atoms with Gasteiger partial charge >= 0.3 is 12.1 Å². The van der Waals surface area contributed by atoms with Crippen LogP contribution in [0.5, 0.6) is 0 Å². The second-order valence-electron chi connectivity index (χ2n) is 5.11. The van der Waals surface area contributed by atoms with Crippen LogP contribution in [0.3, 0.4) is 0 Å². The molecular formula is C12H12F3N5O2. The number of anilines is 1. The first-order valence-corrected chi connectivity index (χ1v) is 6.63. The van der Waals surface area contributed by atoms with Crippen molar-refractivity contribution in [2.24, 2.45) is 5.92 Å². The topological polar surface area (TPSA) is 83.6 Å². The number of aromatic nitrogens is 4. The number of carboxylic acids is 1. The van der Waals surface area contributed by atoms with Crippen LogP contribution in [0.2, 0.25) is 0 Å². The average Bonchev–Trinajstić information content (AvgIpc) is 2.90. The molecule has 0 radical (unpaired) electrons. The van der Waals surface area contributed by atoms with Crippen LogP contribution in [0.1, 0.15) is 18.7 Å². The van der Waals surface area contributed by atoms with Gasteiger partial charge in [0.2, 0.25) is 0 Å². The first-order chi connectivity index (χ1) is 10.4. The van der Waals surface area contributed by atoms with Gasteiger partial charge < -0.3 is 10.0 Å². The Bertz CT molecular complexity index is 714. The fraction of sp³-hybridized carbons (Fsp3) is 0.500. The maximum Gasteiger partial charge on any atom is 0.453 e. The normalized spacial score (nSPS) is 19.6. The lowest BCUT2D eigenvalue weighted by atomic mass is 9.98. The SMILES string of the molecule is O=C(O)[C@H]1CCCN(c2ccc3nnc(C(F)(F)F)n3n2)C1. The summed E-state index contributed by atoms with van der Waals surface area (Å²) >= 11 is 0. The molecule has 3 rings (SSSR count). The lowest BCUT2D eigenvalue weighted by molar-refractivity contribution is -0.146. The van der Waals surface area contributed by atoms with Crippen molar-refractivity contribution in [2.45, 2.75) is 19.0 Å². The Balaban J connectivity index is 1.96. The van der Waals surface area contributed by atoms with Crippen molar-refractivity contribution >= 4 is 17.4 Å². The molecule has 0 saturated carbocycles. The van der Waals surface area contributed by atoms with Gasteiger partial charge in [-0.05, 0) is 25.0 Å². The molecule has 0 amide bonds. The molecule has 3 heterocycles. The van der Waals surface area contributed by atoms with Crippen LogP contribution in [-0.4, -0.2) is 44.0 Å². The maximum absolute atomic E-state index is 12.8. The van der Waals surface area contributed by atoms with E-state index in [2.05, 4.69) is 15.3 Å². The van der Waals surface area contributed by atoms with Crippen molar-refractivity contribution in [1.29, 1.82) is 0 Å². The van der Waals surface area contributed by atoms with Crippen LogP contribution >= 0.6 is 0 Å². The summed E-state index contributed by atoms with van der Waals surface area (Å²) in [6, 6.07) is 2.91. The Hall–Kier alpha value is -2.39. The summed E-state index contributed by atoms with van der Waals surface area (Å²) in [5.74, 6) is -2.37. The number of hydrogen-bond acceptors (Lipinski definition) is 5. The highest BCUT2D eigenvalue weighted by Gasteiger charge is 2.38. The summed E-state index contributed by atoms with van der Waals surface area (Å²) in [6.45, 7) is 0.767. The Labute approximate surface area is 122 Å². The van der Waals surface area contributed by atoms with E-state index in [-0.39, 0.29) is 18.0 Å². The van der Waals surface area contributed by atoms with Crippen LogP contribution < -0.4 is 4.90 Å². The van der Waals surface area contributed by atoms with Crippen molar-refractivity contribution in [1.82, 2.24) is 19.8 Å². The molecular weight excluding hydrogens is 303 g/mol. The number of halogens is 3. The van der Waals surface area contributed by atoms with E-state index < -0.39 is 23.9 Å². The van der Waals surface area contributed by atoms with Gasteiger partial charge in [-0.2, -0.15) is 17.7 Å². The Morgan fingerprint density at radius 3 is 2.77 bits per heavy atom. The summed E-state index contributed by atoms with van der Waals surface area (Å²) in [7, 11) is 0. The van der Waals surface area contributed by atoms with Crippen molar-refractivity contribution in [3.63, 3.8) is 0 Å². The smallest absolute Gasteiger partial charge is 0.453 e. The van der Waals surface area contributed by atoms with E-state index in [9.17, 15) is 18.0 Å². The largest absolute Gasteiger partial charge is 0.481 e. The van der Waals surface area contributed by atoms with Crippen molar-refractivity contribution < 1.29 is 23.1 Å². The predicted molar refractivity (Wildman–Crippen MR) is 68.4 cm³/mol. The molecule has 7 nitrogen and oxygen atoms in total. The Morgan fingerprint density at radius 1 is 1.32 bits per heavy atom. The van der Waals surface area contributed by atoms with Crippen LogP contribution in [0.25, 0.3) is 5.65 Å². The van der Waals surface area contributed by atoms with E-state index in [0.29, 0.717) is 23.9 Å². The van der Waals surface area contributed by atoms with Gasteiger partial charge in [0.1, 0.15) is 5.82 Å². The molecule has 2 aromatic rings. The van der Waals surface area contributed by atoms with Gasteiger partial charge in [-0.1, -0.05) is 0 Å². The van der Waals surface area contributed by atoms with E-state index in [0.717, 1.165) is 0 Å². The van der Waals surface area contributed by atoms with E-state index in [1.165, 1.54) is 12.1 Å². The molecule has 2 aromatic heterocycles. The molecule has 0 aromatic carbocycles. The molecule has 0 bridgehead atoms. The number of alkyl halides is 3. The molecule has 1 saturated heterocycles. The third-order valence-electron chi connectivity index (χ3n) is 3.60. The second-order valence-corrected chi connectivity index (χ2v) is 5.11. The van der Waals surface area contributed by atoms with E-state index >= 15 is 0 Å². The molecule has 1 aliphatic heterocycles. The highest BCUT2D eigenvalue weighted by Crippen LogP contribution is 2.28. The summed E-state index contributed by atoms with van der Waals surface area (Å²) in [4.78, 5) is 12.7. The van der Waals surface area contributed by atoms with Gasteiger partial charge in [0.05, 0.1) is 5.92 Å². The number of piperidine rings is 1. The zero-order chi connectivity index (χ0) is 15.9. The Morgan fingerprint density at radius 2 is 2.09 bits per heavy atom. The van der Waals surface area contributed by atoms with Gasteiger partial charge in [-0.3, -0.25) is 4.79 Å². The van der Waals surface area contributed by atoms with E-state index in [4.69, 9.17) is 5.11 Å². The van der Waals surface area contributed by atoms with Crippen LogP contribution in [-0.2, 0) is 11.0 Å². The maximum atomic E-state index is 12.8.